The van der Waals surface area contributed by atoms with Gasteiger partial charge in [-0.2, -0.15) is 18.4 Å². The minimum atomic E-state index is -4.39. The lowest BCUT2D eigenvalue weighted by atomic mass is 10.2. The maximum atomic E-state index is 12.4. The number of likely N-dealkylation sites (N-methyl/N-ethyl adjacent to an activating group) is 1. The molecule has 0 aromatic carbocycles. The molecule has 112 valence electrons. The first-order valence-corrected chi connectivity index (χ1v) is 6.26. The number of aromatic nitrogens is 1. The highest BCUT2D eigenvalue weighted by Crippen LogP contribution is 2.25. The van der Waals surface area contributed by atoms with Crippen LogP contribution in [0.2, 0.25) is 0 Å². The summed E-state index contributed by atoms with van der Waals surface area (Å²) < 4.78 is 37.1. The van der Waals surface area contributed by atoms with Crippen LogP contribution in [0.15, 0.2) is 18.3 Å². The zero-order valence-electron chi connectivity index (χ0n) is 11.3. The van der Waals surface area contributed by atoms with Gasteiger partial charge in [-0.15, -0.1) is 0 Å². The fourth-order valence-electron chi connectivity index (χ4n) is 2.28. The summed E-state index contributed by atoms with van der Waals surface area (Å²) in [6.07, 6.45) is -2.72. The molecular formula is C13H13F3N4O. The summed E-state index contributed by atoms with van der Waals surface area (Å²) >= 11 is 0. The van der Waals surface area contributed by atoms with Crippen molar-refractivity contribution in [2.24, 2.45) is 0 Å². The SMILES string of the molecule is CN(c1ccc(C#N)cn1)[C@H]1CCN(CC(F)(F)F)C1=O. The summed E-state index contributed by atoms with van der Waals surface area (Å²) in [4.78, 5) is 18.4. The van der Waals surface area contributed by atoms with Crippen LogP contribution < -0.4 is 4.90 Å². The van der Waals surface area contributed by atoms with Gasteiger partial charge < -0.3 is 9.80 Å². The molecule has 1 saturated heterocycles. The van der Waals surface area contributed by atoms with Crippen LogP contribution in [0.5, 0.6) is 0 Å². The minimum absolute atomic E-state index is 0.0730. The van der Waals surface area contributed by atoms with Crippen molar-refractivity contribution >= 4 is 11.7 Å². The zero-order chi connectivity index (χ0) is 15.6. The van der Waals surface area contributed by atoms with Crippen molar-refractivity contribution in [3.05, 3.63) is 23.9 Å². The van der Waals surface area contributed by atoms with E-state index in [0.29, 0.717) is 17.8 Å². The van der Waals surface area contributed by atoms with E-state index in [2.05, 4.69) is 4.98 Å². The molecule has 1 aromatic rings. The van der Waals surface area contributed by atoms with Crippen molar-refractivity contribution in [3.8, 4) is 6.07 Å². The Hall–Kier alpha value is -2.30. The first kappa shape index (κ1) is 15.1. The largest absolute Gasteiger partial charge is 0.406 e. The number of alkyl halides is 3. The second-order valence-electron chi connectivity index (χ2n) is 4.81. The first-order valence-electron chi connectivity index (χ1n) is 6.26. The van der Waals surface area contributed by atoms with Crippen molar-refractivity contribution in [2.75, 3.05) is 25.0 Å². The highest BCUT2D eigenvalue weighted by atomic mass is 19.4. The Bertz CT molecular complexity index is 564. The van der Waals surface area contributed by atoms with Gasteiger partial charge in [-0.3, -0.25) is 4.79 Å². The van der Waals surface area contributed by atoms with Gasteiger partial charge in [0.05, 0.1) is 5.56 Å². The molecule has 1 aliphatic heterocycles. The normalized spacial score (nSPS) is 18.7. The number of hydrogen-bond acceptors (Lipinski definition) is 4. The molecule has 0 saturated carbocycles. The monoisotopic (exact) mass is 298 g/mol. The molecule has 0 bridgehead atoms. The van der Waals surface area contributed by atoms with Gasteiger partial charge in [0.2, 0.25) is 5.91 Å². The summed E-state index contributed by atoms with van der Waals surface area (Å²) in [7, 11) is 1.61. The van der Waals surface area contributed by atoms with Crippen LogP contribution in [0.1, 0.15) is 12.0 Å². The first-order chi connectivity index (χ1) is 9.81. The molecule has 0 unspecified atom stereocenters. The van der Waals surface area contributed by atoms with Gasteiger partial charge in [0.25, 0.3) is 0 Å². The third kappa shape index (κ3) is 3.42. The van der Waals surface area contributed by atoms with Crippen molar-refractivity contribution in [1.82, 2.24) is 9.88 Å². The maximum absolute atomic E-state index is 12.4. The molecule has 0 spiro atoms. The lowest BCUT2D eigenvalue weighted by Crippen LogP contribution is -2.42. The number of carbonyl (C=O) groups is 1. The van der Waals surface area contributed by atoms with Crippen LogP contribution in [0, 0.1) is 11.3 Å². The van der Waals surface area contributed by atoms with Gasteiger partial charge in [-0.1, -0.05) is 0 Å². The van der Waals surface area contributed by atoms with Gasteiger partial charge in [0.15, 0.2) is 0 Å². The molecule has 1 aliphatic rings. The average Bonchev–Trinajstić information content (AvgIpc) is 2.78. The van der Waals surface area contributed by atoms with E-state index < -0.39 is 24.7 Å². The fraction of sp³-hybridized carbons (Fsp3) is 0.462. The third-order valence-corrected chi connectivity index (χ3v) is 3.35. The molecule has 8 heteroatoms. The van der Waals surface area contributed by atoms with Gasteiger partial charge in [-0.05, 0) is 18.6 Å². The van der Waals surface area contributed by atoms with Crippen molar-refractivity contribution in [3.63, 3.8) is 0 Å². The van der Waals surface area contributed by atoms with Gasteiger partial charge in [-0.25, -0.2) is 4.98 Å². The molecule has 5 nitrogen and oxygen atoms in total. The number of rotatable bonds is 3. The highest BCUT2D eigenvalue weighted by molar-refractivity contribution is 5.87. The topological polar surface area (TPSA) is 60.2 Å². The van der Waals surface area contributed by atoms with Crippen LogP contribution in [-0.4, -0.2) is 48.1 Å². The number of likely N-dealkylation sites (tertiary alicyclic amines) is 1. The molecular weight excluding hydrogens is 285 g/mol. The van der Waals surface area contributed by atoms with E-state index in [9.17, 15) is 18.0 Å². The molecule has 0 radical (unpaired) electrons. The average molecular weight is 298 g/mol. The van der Waals surface area contributed by atoms with Gasteiger partial charge in [0, 0.05) is 19.8 Å². The molecule has 0 N–H and O–H groups in total. The highest BCUT2D eigenvalue weighted by Gasteiger charge is 2.40. The number of carbonyl (C=O) groups excluding carboxylic acids is 1. The van der Waals surface area contributed by atoms with Crippen molar-refractivity contribution in [2.45, 2.75) is 18.6 Å². The lowest BCUT2D eigenvalue weighted by molar-refractivity contribution is -0.157. The Labute approximate surface area is 119 Å². The predicted octanol–water partition coefficient (Wildman–Crippen LogP) is 1.55. The zero-order valence-corrected chi connectivity index (χ0v) is 11.3. The second-order valence-corrected chi connectivity index (χ2v) is 4.81. The number of nitriles is 1. The van der Waals surface area contributed by atoms with E-state index in [-0.39, 0.29) is 6.54 Å². The molecule has 0 aliphatic carbocycles. The van der Waals surface area contributed by atoms with Crippen LogP contribution in [0.25, 0.3) is 0 Å². The summed E-state index contributed by atoms with van der Waals surface area (Å²) in [6, 6.07) is 4.38. The number of hydrogen-bond donors (Lipinski definition) is 0. The van der Waals surface area contributed by atoms with E-state index in [1.165, 1.54) is 6.20 Å². The molecule has 21 heavy (non-hydrogen) atoms. The Morgan fingerprint density at radius 2 is 2.24 bits per heavy atom. The number of halogens is 3. The summed E-state index contributed by atoms with van der Waals surface area (Å²) in [6.45, 7) is -1.15. The molecule has 2 rings (SSSR count). The Morgan fingerprint density at radius 1 is 1.52 bits per heavy atom. The summed E-state index contributed by atoms with van der Waals surface area (Å²) in [5, 5.41) is 8.69. The Kier molecular flexibility index (Phi) is 4.02. The van der Waals surface area contributed by atoms with E-state index in [0.717, 1.165) is 4.90 Å². The molecule has 2 heterocycles. The molecule has 1 atom stereocenters. The van der Waals surface area contributed by atoms with Crippen molar-refractivity contribution in [1.29, 1.82) is 5.26 Å². The van der Waals surface area contributed by atoms with Gasteiger partial charge >= 0.3 is 6.18 Å². The maximum Gasteiger partial charge on any atom is 0.406 e. The van der Waals surface area contributed by atoms with Gasteiger partial charge in [0.1, 0.15) is 24.5 Å². The number of amides is 1. The standard InChI is InChI=1S/C13H13F3N4O/c1-19(11-3-2-9(6-17)7-18-11)10-4-5-20(12(10)21)8-13(14,15)16/h2-3,7,10H,4-5,8H2,1H3/t10-/m0/s1. The van der Waals surface area contributed by atoms with E-state index in [1.54, 1.807) is 24.1 Å². The minimum Gasteiger partial charge on any atom is -0.348 e. The van der Waals surface area contributed by atoms with Crippen LogP contribution in [0.3, 0.4) is 0 Å². The predicted molar refractivity (Wildman–Crippen MR) is 68.4 cm³/mol. The Balaban J connectivity index is 2.08. The van der Waals surface area contributed by atoms with Crippen molar-refractivity contribution < 1.29 is 18.0 Å². The van der Waals surface area contributed by atoms with E-state index in [1.807, 2.05) is 6.07 Å². The second kappa shape index (κ2) is 5.60. The quantitative estimate of drug-likeness (QED) is 0.849. The molecule has 1 aromatic heterocycles. The molecule has 1 fully saturated rings. The van der Waals surface area contributed by atoms with Crippen LogP contribution in [-0.2, 0) is 4.79 Å². The number of nitrogens with zero attached hydrogens (tertiary/aromatic N) is 4. The third-order valence-electron chi connectivity index (χ3n) is 3.35. The van der Waals surface area contributed by atoms with E-state index in [4.69, 9.17) is 5.26 Å². The molecule has 1 amide bonds. The number of anilines is 1. The fourth-order valence-corrected chi connectivity index (χ4v) is 2.28. The van der Waals surface area contributed by atoms with Crippen LogP contribution >= 0.6 is 0 Å². The lowest BCUT2D eigenvalue weighted by Gasteiger charge is -2.25. The Morgan fingerprint density at radius 3 is 2.76 bits per heavy atom. The summed E-state index contributed by atoms with van der Waals surface area (Å²) in [5.41, 5.74) is 0.378. The smallest absolute Gasteiger partial charge is 0.348 e. The number of pyridine rings is 1. The van der Waals surface area contributed by atoms with E-state index >= 15 is 0 Å². The summed E-state index contributed by atoms with van der Waals surface area (Å²) in [5.74, 6) is -0.109. The van der Waals surface area contributed by atoms with Crippen LogP contribution in [0.4, 0.5) is 19.0 Å².